The SMILES string of the molecule is O=C(O)CCn1cc(-c2ccc3[nH]ncc3c2)nn1. The monoisotopic (exact) mass is 257 g/mol. The summed E-state index contributed by atoms with van der Waals surface area (Å²) in [5, 5.41) is 24.4. The van der Waals surface area contributed by atoms with Crippen LogP contribution in [0.15, 0.2) is 30.6 Å². The zero-order chi connectivity index (χ0) is 13.2. The van der Waals surface area contributed by atoms with E-state index in [9.17, 15) is 4.79 Å². The van der Waals surface area contributed by atoms with Crippen molar-refractivity contribution < 1.29 is 9.90 Å². The second-order valence-corrected chi connectivity index (χ2v) is 4.18. The summed E-state index contributed by atoms with van der Waals surface area (Å²) in [5.74, 6) is -0.850. The molecular formula is C12H11N5O2. The maximum Gasteiger partial charge on any atom is 0.305 e. The van der Waals surface area contributed by atoms with E-state index in [-0.39, 0.29) is 6.42 Å². The number of nitrogens with zero attached hydrogens (tertiary/aromatic N) is 4. The number of aryl methyl sites for hydroxylation is 1. The van der Waals surface area contributed by atoms with Gasteiger partial charge >= 0.3 is 5.97 Å². The van der Waals surface area contributed by atoms with Crippen LogP contribution in [0.1, 0.15) is 6.42 Å². The molecule has 0 saturated carbocycles. The van der Waals surface area contributed by atoms with Crippen LogP contribution in [0.3, 0.4) is 0 Å². The van der Waals surface area contributed by atoms with Crippen LogP contribution in [-0.2, 0) is 11.3 Å². The number of hydrogen-bond donors (Lipinski definition) is 2. The summed E-state index contributed by atoms with van der Waals surface area (Å²) in [6.07, 6.45) is 3.52. The molecule has 7 nitrogen and oxygen atoms in total. The van der Waals surface area contributed by atoms with E-state index in [1.807, 2.05) is 18.2 Å². The lowest BCUT2D eigenvalue weighted by molar-refractivity contribution is -0.137. The molecule has 0 aliphatic heterocycles. The fourth-order valence-corrected chi connectivity index (χ4v) is 1.85. The number of aromatic nitrogens is 5. The van der Waals surface area contributed by atoms with E-state index in [0.717, 1.165) is 16.5 Å². The van der Waals surface area contributed by atoms with Crippen molar-refractivity contribution in [2.75, 3.05) is 0 Å². The number of carboxylic acid groups (broad SMARTS) is 1. The van der Waals surface area contributed by atoms with Crippen molar-refractivity contribution in [3.05, 3.63) is 30.6 Å². The van der Waals surface area contributed by atoms with Gasteiger partial charge in [-0.15, -0.1) is 5.10 Å². The number of aromatic amines is 1. The largest absolute Gasteiger partial charge is 0.481 e. The van der Waals surface area contributed by atoms with Gasteiger partial charge in [0.1, 0.15) is 5.69 Å². The molecule has 0 unspecified atom stereocenters. The topological polar surface area (TPSA) is 96.7 Å². The molecule has 2 aromatic heterocycles. The van der Waals surface area contributed by atoms with Gasteiger partial charge < -0.3 is 5.11 Å². The second-order valence-electron chi connectivity index (χ2n) is 4.18. The lowest BCUT2D eigenvalue weighted by atomic mass is 10.1. The highest BCUT2D eigenvalue weighted by atomic mass is 16.4. The molecular weight excluding hydrogens is 246 g/mol. The van der Waals surface area contributed by atoms with E-state index in [0.29, 0.717) is 12.2 Å². The molecule has 96 valence electrons. The van der Waals surface area contributed by atoms with E-state index in [1.165, 1.54) is 4.68 Å². The molecule has 0 spiro atoms. The molecule has 0 aliphatic rings. The van der Waals surface area contributed by atoms with Crippen molar-refractivity contribution in [1.82, 2.24) is 25.2 Å². The Morgan fingerprint density at radius 2 is 2.32 bits per heavy atom. The quantitative estimate of drug-likeness (QED) is 0.734. The number of aliphatic carboxylic acids is 1. The van der Waals surface area contributed by atoms with Crippen molar-refractivity contribution in [3.63, 3.8) is 0 Å². The minimum absolute atomic E-state index is 0.0313. The molecule has 3 aromatic rings. The minimum Gasteiger partial charge on any atom is -0.481 e. The maximum atomic E-state index is 10.5. The van der Waals surface area contributed by atoms with Crippen LogP contribution in [0.25, 0.3) is 22.2 Å². The van der Waals surface area contributed by atoms with E-state index in [2.05, 4.69) is 20.5 Å². The zero-order valence-electron chi connectivity index (χ0n) is 9.95. The lowest BCUT2D eigenvalue weighted by Crippen LogP contribution is -2.04. The Morgan fingerprint density at radius 3 is 3.16 bits per heavy atom. The summed E-state index contributed by atoms with van der Waals surface area (Å²) in [7, 11) is 0. The number of fused-ring (bicyclic) bond motifs is 1. The summed E-state index contributed by atoms with van der Waals surface area (Å²) in [5.41, 5.74) is 2.60. The highest BCUT2D eigenvalue weighted by Crippen LogP contribution is 2.21. The van der Waals surface area contributed by atoms with E-state index < -0.39 is 5.97 Å². The van der Waals surface area contributed by atoms with Crippen LogP contribution < -0.4 is 0 Å². The first kappa shape index (κ1) is 11.4. The smallest absolute Gasteiger partial charge is 0.305 e. The van der Waals surface area contributed by atoms with Crippen LogP contribution in [0.5, 0.6) is 0 Å². The Kier molecular flexibility index (Phi) is 2.71. The van der Waals surface area contributed by atoms with Gasteiger partial charge in [-0.1, -0.05) is 11.3 Å². The number of carbonyl (C=O) groups is 1. The molecule has 0 saturated heterocycles. The molecule has 2 heterocycles. The normalized spacial score (nSPS) is 10.9. The summed E-state index contributed by atoms with van der Waals surface area (Å²) < 4.78 is 1.53. The number of nitrogens with one attached hydrogen (secondary N) is 1. The Hall–Kier alpha value is -2.70. The molecule has 0 bridgehead atoms. The van der Waals surface area contributed by atoms with Crippen LogP contribution >= 0.6 is 0 Å². The van der Waals surface area contributed by atoms with Crippen LogP contribution in [0.2, 0.25) is 0 Å². The lowest BCUT2D eigenvalue weighted by Gasteiger charge is -1.96. The van der Waals surface area contributed by atoms with Crippen molar-refractivity contribution in [2.45, 2.75) is 13.0 Å². The molecule has 0 aliphatic carbocycles. The fraction of sp³-hybridized carbons (Fsp3) is 0.167. The molecule has 0 radical (unpaired) electrons. The minimum atomic E-state index is -0.850. The standard InChI is InChI=1S/C12H11N5O2/c18-12(19)3-4-17-7-11(15-16-17)8-1-2-10-9(5-8)6-13-14-10/h1-2,5-7H,3-4H2,(H,13,14)(H,18,19). The van der Waals surface area contributed by atoms with E-state index >= 15 is 0 Å². The summed E-state index contributed by atoms with van der Waals surface area (Å²) in [4.78, 5) is 10.5. The van der Waals surface area contributed by atoms with Gasteiger partial charge in [0.25, 0.3) is 0 Å². The Bertz CT molecular complexity index is 730. The molecule has 19 heavy (non-hydrogen) atoms. The second kappa shape index (κ2) is 4.52. The Labute approximate surface area is 107 Å². The summed E-state index contributed by atoms with van der Waals surface area (Å²) in [6, 6.07) is 5.81. The van der Waals surface area contributed by atoms with Gasteiger partial charge in [0, 0.05) is 10.9 Å². The third kappa shape index (κ3) is 2.30. The predicted octanol–water partition coefficient (Wildman–Crippen LogP) is 1.30. The molecule has 3 rings (SSSR count). The number of rotatable bonds is 4. The van der Waals surface area contributed by atoms with Crippen LogP contribution in [0.4, 0.5) is 0 Å². The molecule has 2 N–H and O–H groups in total. The third-order valence-electron chi connectivity index (χ3n) is 2.83. The van der Waals surface area contributed by atoms with Crippen molar-refractivity contribution in [1.29, 1.82) is 0 Å². The summed E-state index contributed by atoms with van der Waals surface area (Å²) in [6.45, 7) is 0.316. The van der Waals surface area contributed by atoms with Gasteiger partial charge in [-0.3, -0.25) is 14.6 Å². The van der Waals surface area contributed by atoms with Crippen LogP contribution in [0, 0.1) is 0 Å². The summed E-state index contributed by atoms with van der Waals surface area (Å²) >= 11 is 0. The first-order chi connectivity index (χ1) is 9.22. The van der Waals surface area contributed by atoms with Crippen molar-refractivity contribution in [2.24, 2.45) is 0 Å². The highest BCUT2D eigenvalue weighted by molar-refractivity contribution is 5.83. The first-order valence-electron chi connectivity index (χ1n) is 5.78. The molecule has 0 fully saturated rings. The average molecular weight is 257 g/mol. The highest BCUT2D eigenvalue weighted by Gasteiger charge is 2.06. The Morgan fingerprint density at radius 1 is 1.42 bits per heavy atom. The van der Waals surface area contributed by atoms with Gasteiger partial charge in [-0.25, -0.2) is 0 Å². The number of carboxylic acids is 1. The maximum absolute atomic E-state index is 10.5. The van der Waals surface area contributed by atoms with Gasteiger partial charge in [-0.2, -0.15) is 5.10 Å². The number of hydrogen-bond acceptors (Lipinski definition) is 4. The molecule has 0 amide bonds. The van der Waals surface area contributed by atoms with E-state index in [4.69, 9.17) is 5.11 Å². The fourth-order valence-electron chi connectivity index (χ4n) is 1.85. The molecule has 1 aromatic carbocycles. The average Bonchev–Trinajstić information content (AvgIpc) is 3.04. The molecule has 7 heteroatoms. The van der Waals surface area contributed by atoms with Crippen molar-refractivity contribution >= 4 is 16.9 Å². The number of H-pyrrole nitrogens is 1. The number of benzene rings is 1. The van der Waals surface area contributed by atoms with Gasteiger partial charge in [-0.05, 0) is 12.1 Å². The van der Waals surface area contributed by atoms with E-state index in [1.54, 1.807) is 12.4 Å². The van der Waals surface area contributed by atoms with Gasteiger partial charge in [0.2, 0.25) is 0 Å². The molecule has 0 atom stereocenters. The third-order valence-corrected chi connectivity index (χ3v) is 2.83. The Balaban J connectivity index is 1.86. The first-order valence-corrected chi connectivity index (χ1v) is 5.78. The van der Waals surface area contributed by atoms with Crippen molar-refractivity contribution in [3.8, 4) is 11.3 Å². The van der Waals surface area contributed by atoms with Crippen LogP contribution in [-0.4, -0.2) is 36.3 Å². The predicted molar refractivity (Wildman–Crippen MR) is 67.4 cm³/mol. The zero-order valence-corrected chi connectivity index (χ0v) is 9.95. The van der Waals surface area contributed by atoms with Gasteiger partial charge in [0.15, 0.2) is 0 Å². The van der Waals surface area contributed by atoms with Gasteiger partial charge in [0.05, 0.1) is 30.9 Å².